The van der Waals surface area contributed by atoms with Gasteiger partial charge >= 0.3 is 6.18 Å². The lowest BCUT2D eigenvalue weighted by Gasteiger charge is -2.26. The Hall–Kier alpha value is -3.24. The van der Waals surface area contributed by atoms with Crippen molar-refractivity contribution in [1.29, 1.82) is 0 Å². The maximum absolute atomic E-state index is 13.8. The fourth-order valence-electron chi connectivity index (χ4n) is 3.99. The van der Waals surface area contributed by atoms with Crippen LogP contribution in [0.3, 0.4) is 0 Å². The van der Waals surface area contributed by atoms with E-state index in [0.717, 1.165) is 25.7 Å². The second kappa shape index (κ2) is 10.4. The zero-order chi connectivity index (χ0) is 25.9. The number of amides is 1. The fraction of sp³-hybridized carbons (Fsp3) is 0.346. The van der Waals surface area contributed by atoms with Gasteiger partial charge in [0.15, 0.2) is 0 Å². The number of carbonyl (C=O) groups is 1. The molecular formula is C26H25F5N2O3. The average Bonchev–Trinajstić information content (AvgIpc) is 2.84. The van der Waals surface area contributed by atoms with E-state index in [1.165, 1.54) is 0 Å². The number of hydrogen-bond donors (Lipinski definition) is 1. The molecule has 0 unspecified atom stereocenters. The molecule has 1 aliphatic rings. The molecular weight excluding hydrogens is 483 g/mol. The lowest BCUT2D eigenvalue weighted by Crippen LogP contribution is -2.38. The van der Waals surface area contributed by atoms with Crippen LogP contribution in [-0.4, -0.2) is 50.3 Å². The Labute approximate surface area is 204 Å². The van der Waals surface area contributed by atoms with Gasteiger partial charge in [-0.3, -0.25) is 9.69 Å². The topological polar surface area (TPSA) is 50.8 Å². The van der Waals surface area contributed by atoms with Gasteiger partial charge in [0, 0.05) is 54.1 Å². The maximum Gasteiger partial charge on any atom is 0.416 e. The van der Waals surface area contributed by atoms with Crippen LogP contribution in [0.1, 0.15) is 28.4 Å². The highest BCUT2D eigenvalue weighted by Gasteiger charge is 2.35. The first-order valence-electron chi connectivity index (χ1n) is 11.4. The van der Waals surface area contributed by atoms with Gasteiger partial charge < -0.3 is 14.8 Å². The molecule has 1 N–H and O–H groups in total. The first kappa shape index (κ1) is 25.8. The lowest BCUT2D eigenvalue weighted by atomic mass is 10.0. The van der Waals surface area contributed by atoms with Crippen LogP contribution in [0, 0.1) is 0 Å². The van der Waals surface area contributed by atoms with Crippen molar-refractivity contribution in [2.24, 2.45) is 0 Å². The van der Waals surface area contributed by atoms with Gasteiger partial charge in [-0.05, 0) is 30.3 Å². The van der Waals surface area contributed by atoms with Crippen molar-refractivity contribution in [2.45, 2.75) is 19.0 Å². The number of morpholine rings is 1. The summed E-state index contributed by atoms with van der Waals surface area (Å²) in [5.41, 5.74) is -2.41. The molecule has 192 valence electrons. The lowest BCUT2D eigenvalue weighted by molar-refractivity contribution is -0.137. The summed E-state index contributed by atoms with van der Waals surface area (Å²) in [5, 5.41) is 3.86. The largest absolute Gasteiger partial charge is 0.492 e. The zero-order valence-electron chi connectivity index (χ0n) is 19.5. The van der Waals surface area contributed by atoms with E-state index >= 15 is 0 Å². The van der Waals surface area contributed by atoms with Crippen LogP contribution in [-0.2, 0) is 16.8 Å². The highest BCUT2D eigenvalue weighted by atomic mass is 19.4. The van der Waals surface area contributed by atoms with Crippen molar-refractivity contribution in [3.05, 3.63) is 71.3 Å². The second-order valence-electron chi connectivity index (χ2n) is 8.60. The molecule has 0 bridgehead atoms. The van der Waals surface area contributed by atoms with E-state index in [4.69, 9.17) is 9.47 Å². The highest BCUT2D eigenvalue weighted by molar-refractivity contribution is 6.10. The third kappa shape index (κ3) is 6.11. The minimum Gasteiger partial charge on any atom is -0.492 e. The van der Waals surface area contributed by atoms with Crippen molar-refractivity contribution in [3.63, 3.8) is 0 Å². The van der Waals surface area contributed by atoms with Gasteiger partial charge in [0.2, 0.25) is 0 Å². The smallest absolute Gasteiger partial charge is 0.416 e. The van der Waals surface area contributed by atoms with Crippen LogP contribution < -0.4 is 10.1 Å². The van der Waals surface area contributed by atoms with Crippen LogP contribution in [0.2, 0.25) is 0 Å². The predicted molar refractivity (Wildman–Crippen MR) is 126 cm³/mol. The van der Waals surface area contributed by atoms with Crippen molar-refractivity contribution in [3.8, 4) is 5.75 Å². The molecule has 0 spiro atoms. The molecule has 3 aromatic carbocycles. The number of anilines is 1. The van der Waals surface area contributed by atoms with Gasteiger partial charge in [0.25, 0.3) is 11.8 Å². The summed E-state index contributed by atoms with van der Waals surface area (Å²) in [6, 6.07) is 12.0. The minimum atomic E-state index is -4.89. The second-order valence-corrected chi connectivity index (χ2v) is 8.60. The van der Waals surface area contributed by atoms with Gasteiger partial charge in [-0.2, -0.15) is 13.2 Å². The summed E-state index contributed by atoms with van der Waals surface area (Å²) in [5.74, 6) is -3.90. The van der Waals surface area contributed by atoms with Gasteiger partial charge in [0.1, 0.15) is 12.4 Å². The Morgan fingerprint density at radius 3 is 2.31 bits per heavy atom. The Morgan fingerprint density at radius 1 is 0.972 bits per heavy atom. The van der Waals surface area contributed by atoms with E-state index < -0.39 is 34.7 Å². The van der Waals surface area contributed by atoms with E-state index in [1.807, 2.05) is 0 Å². The quantitative estimate of drug-likeness (QED) is 0.402. The van der Waals surface area contributed by atoms with Crippen molar-refractivity contribution >= 4 is 22.4 Å². The zero-order valence-corrected chi connectivity index (χ0v) is 19.5. The molecule has 36 heavy (non-hydrogen) atoms. The Kier molecular flexibility index (Phi) is 7.46. The van der Waals surface area contributed by atoms with Gasteiger partial charge in [0.05, 0.1) is 18.8 Å². The molecule has 3 aromatic rings. The number of alkyl halides is 5. The standard InChI is InChI=1S/C26H25F5N2O3/c1-25(27,28)18-14-17(15-19(16-18)26(29,30)31)24(34)32-22-6-7-23(21-5-3-2-4-20(21)22)36-13-10-33-8-11-35-12-9-33/h2-7,14-16H,8-13H2,1H3,(H,32,34). The Bertz CT molecular complexity index is 1200. The van der Waals surface area contributed by atoms with E-state index in [-0.39, 0.29) is 0 Å². The number of benzene rings is 3. The first-order chi connectivity index (χ1) is 17.0. The van der Waals surface area contributed by atoms with Crippen molar-refractivity contribution in [1.82, 2.24) is 4.90 Å². The third-order valence-corrected chi connectivity index (χ3v) is 5.93. The first-order valence-corrected chi connectivity index (χ1v) is 11.4. The summed E-state index contributed by atoms with van der Waals surface area (Å²) < 4.78 is 78.9. The summed E-state index contributed by atoms with van der Waals surface area (Å²) in [4.78, 5) is 15.1. The molecule has 0 atom stereocenters. The average molecular weight is 508 g/mol. The van der Waals surface area contributed by atoms with E-state index in [1.54, 1.807) is 36.4 Å². The minimum absolute atomic E-state index is 0.318. The predicted octanol–water partition coefficient (Wildman–Crippen LogP) is 5.93. The SMILES string of the molecule is CC(F)(F)c1cc(C(=O)Nc2ccc(OCCN3CCOCC3)c3ccccc23)cc(C(F)(F)F)c1. The van der Waals surface area contributed by atoms with Crippen molar-refractivity contribution < 1.29 is 36.2 Å². The van der Waals surface area contributed by atoms with Crippen LogP contribution >= 0.6 is 0 Å². The highest BCUT2D eigenvalue weighted by Crippen LogP contribution is 2.36. The summed E-state index contributed by atoms with van der Waals surface area (Å²) in [6.45, 7) is 4.66. The summed E-state index contributed by atoms with van der Waals surface area (Å²) in [7, 11) is 0. The molecule has 1 aliphatic heterocycles. The Morgan fingerprint density at radius 2 is 1.64 bits per heavy atom. The molecule has 1 amide bonds. The molecule has 10 heteroatoms. The number of carbonyl (C=O) groups excluding carboxylic acids is 1. The Balaban J connectivity index is 1.57. The molecule has 0 aliphatic carbocycles. The van der Waals surface area contributed by atoms with Gasteiger partial charge in [-0.25, -0.2) is 8.78 Å². The normalized spacial score (nSPS) is 15.2. The number of ether oxygens (including phenoxy) is 2. The fourth-order valence-corrected chi connectivity index (χ4v) is 3.99. The number of hydrogen-bond acceptors (Lipinski definition) is 4. The van der Waals surface area contributed by atoms with E-state index in [9.17, 15) is 26.7 Å². The molecule has 1 fully saturated rings. The van der Waals surface area contributed by atoms with Gasteiger partial charge in [-0.15, -0.1) is 0 Å². The summed E-state index contributed by atoms with van der Waals surface area (Å²) in [6.07, 6.45) is -4.89. The van der Waals surface area contributed by atoms with Crippen molar-refractivity contribution in [2.75, 3.05) is 44.8 Å². The van der Waals surface area contributed by atoms with Crippen LogP contribution in [0.5, 0.6) is 5.75 Å². The summed E-state index contributed by atoms with van der Waals surface area (Å²) >= 11 is 0. The monoisotopic (exact) mass is 508 g/mol. The molecule has 4 rings (SSSR count). The number of halogens is 5. The van der Waals surface area contributed by atoms with Gasteiger partial charge in [-0.1, -0.05) is 24.3 Å². The van der Waals surface area contributed by atoms with Crippen LogP contribution in [0.15, 0.2) is 54.6 Å². The number of nitrogens with zero attached hydrogens (tertiary/aromatic N) is 1. The molecule has 0 saturated carbocycles. The molecule has 0 radical (unpaired) electrons. The van der Waals surface area contributed by atoms with E-state index in [0.29, 0.717) is 61.1 Å². The van der Waals surface area contributed by atoms with E-state index in [2.05, 4.69) is 10.2 Å². The number of nitrogens with one attached hydrogen (secondary N) is 1. The molecule has 0 aromatic heterocycles. The maximum atomic E-state index is 13.8. The third-order valence-electron chi connectivity index (χ3n) is 5.93. The molecule has 1 heterocycles. The number of fused-ring (bicyclic) bond motifs is 1. The van der Waals surface area contributed by atoms with Crippen LogP contribution in [0.4, 0.5) is 27.6 Å². The molecule has 1 saturated heterocycles. The number of rotatable bonds is 7. The van der Waals surface area contributed by atoms with Crippen LogP contribution in [0.25, 0.3) is 10.8 Å². The molecule has 5 nitrogen and oxygen atoms in total.